The van der Waals surface area contributed by atoms with Gasteiger partial charge < -0.3 is 9.84 Å². The molecule has 5 heteroatoms. The van der Waals surface area contributed by atoms with Gasteiger partial charge in [0.2, 0.25) is 5.91 Å². The van der Waals surface area contributed by atoms with Crippen LogP contribution in [0.2, 0.25) is 0 Å². The van der Waals surface area contributed by atoms with Crippen molar-refractivity contribution in [3.8, 4) is 5.75 Å². The number of amides is 1. The number of carbonyl (C=O) groups excluding carboxylic acids is 1. The Kier molecular flexibility index (Phi) is 2.84. The van der Waals surface area contributed by atoms with E-state index in [2.05, 4.69) is 31.0 Å². The monoisotopic (exact) mass is 302 g/mol. The van der Waals surface area contributed by atoms with Crippen molar-refractivity contribution in [1.29, 1.82) is 0 Å². The summed E-state index contributed by atoms with van der Waals surface area (Å²) in [6.07, 6.45) is 1.41. The van der Waals surface area contributed by atoms with E-state index in [1.54, 1.807) is 7.11 Å². The molecule has 3 atom stereocenters. The first-order valence-corrected chi connectivity index (χ1v) is 7.87. The van der Waals surface area contributed by atoms with Gasteiger partial charge in [0, 0.05) is 17.9 Å². The van der Waals surface area contributed by atoms with E-state index in [-0.39, 0.29) is 36.1 Å². The highest BCUT2D eigenvalue weighted by Crippen LogP contribution is 2.55. The van der Waals surface area contributed by atoms with Gasteiger partial charge in [0.1, 0.15) is 5.75 Å². The van der Waals surface area contributed by atoms with Crippen LogP contribution in [-0.2, 0) is 11.2 Å². The largest absolute Gasteiger partial charge is 0.497 e. The molecule has 1 aromatic rings. The highest BCUT2D eigenvalue weighted by molar-refractivity contribution is 5.80. The second-order valence-corrected chi connectivity index (χ2v) is 7.20. The van der Waals surface area contributed by atoms with Gasteiger partial charge in [-0.2, -0.15) is 0 Å². The Bertz CT molecular complexity index is 643. The summed E-state index contributed by atoms with van der Waals surface area (Å²) >= 11 is 0. The van der Waals surface area contributed by atoms with Crippen molar-refractivity contribution < 1.29 is 14.6 Å². The summed E-state index contributed by atoms with van der Waals surface area (Å²) in [4.78, 5) is 12.5. The van der Waals surface area contributed by atoms with Gasteiger partial charge in [-0.15, -0.1) is 0 Å². The van der Waals surface area contributed by atoms with Crippen molar-refractivity contribution in [2.24, 2.45) is 5.92 Å². The van der Waals surface area contributed by atoms with E-state index in [1.807, 2.05) is 11.1 Å². The number of aliphatic hydroxyl groups excluding tert-OH is 1. The second-order valence-electron chi connectivity index (χ2n) is 7.20. The number of rotatable bonds is 2. The van der Waals surface area contributed by atoms with Gasteiger partial charge in [-0.05, 0) is 43.5 Å². The van der Waals surface area contributed by atoms with Crippen LogP contribution in [0.3, 0.4) is 0 Å². The Balaban J connectivity index is 1.84. The van der Waals surface area contributed by atoms with Crippen molar-refractivity contribution in [3.63, 3.8) is 0 Å². The third-order valence-electron chi connectivity index (χ3n) is 5.48. The molecule has 1 aromatic carbocycles. The summed E-state index contributed by atoms with van der Waals surface area (Å²) in [7, 11) is 1.68. The molecule has 0 aromatic heterocycles. The Morgan fingerprint density at radius 2 is 2.18 bits per heavy atom. The Morgan fingerprint density at radius 3 is 2.86 bits per heavy atom. The average Bonchev–Trinajstić information content (AvgIpc) is 3.06. The molecule has 3 unspecified atom stereocenters. The van der Waals surface area contributed by atoms with Crippen LogP contribution in [-0.4, -0.2) is 46.3 Å². The van der Waals surface area contributed by atoms with Gasteiger partial charge in [0.25, 0.3) is 0 Å². The molecule has 2 fully saturated rings. The highest BCUT2D eigenvalue weighted by atomic mass is 16.5. The van der Waals surface area contributed by atoms with Crippen LogP contribution < -0.4 is 4.74 Å². The molecule has 1 amide bonds. The first-order valence-electron chi connectivity index (χ1n) is 7.87. The molecule has 0 saturated carbocycles. The van der Waals surface area contributed by atoms with E-state index in [1.165, 1.54) is 11.1 Å². The normalized spacial score (nSPS) is 32.1. The summed E-state index contributed by atoms with van der Waals surface area (Å²) in [5, 5.41) is 13.9. The van der Waals surface area contributed by atoms with Gasteiger partial charge >= 0.3 is 0 Å². The molecule has 2 heterocycles. The third kappa shape index (κ3) is 1.64. The molecule has 3 aliphatic rings. The molecule has 0 radical (unpaired) electrons. The molecule has 0 spiro atoms. The molecule has 1 aliphatic carbocycles. The predicted octanol–water partition coefficient (Wildman–Crippen LogP) is 1.51. The number of hydrazine groups is 1. The van der Waals surface area contributed by atoms with E-state index in [0.717, 1.165) is 12.2 Å². The van der Waals surface area contributed by atoms with Crippen LogP contribution >= 0.6 is 0 Å². The summed E-state index contributed by atoms with van der Waals surface area (Å²) < 4.78 is 5.38. The molecule has 4 rings (SSSR count). The summed E-state index contributed by atoms with van der Waals surface area (Å²) in [5.41, 5.74) is 2.34. The van der Waals surface area contributed by atoms with Crippen molar-refractivity contribution >= 4 is 5.91 Å². The Morgan fingerprint density at radius 1 is 1.41 bits per heavy atom. The number of ether oxygens (including phenoxy) is 1. The van der Waals surface area contributed by atoms with E-state index >= 15 is 0 Å². The average molecular weight is 302 g/mol. The lowest BCUT2D eigenvalue weighted by Gasteiger charge is -2.36. The predicted molar refractivity (Wildman–Crippen MR) is 81.2 cm³/mol. The third-order valence-corrected chi connectivity index (χ3v) is 5.48. The van der Waals surface area contributed by atoms with Gasteiger partial charge in [0.15, 0.2) is 0 Å². The van der Waals surface area contributed by atoms with Crippen LogP contribution in [0.25, 0.3) is 0 Å². The number of methoxy groups -OCH3 is 1. The van der Waals surface area contributed by atoms with E-state index < -0.39 is 0 Å². The van der Waals surface area contributed by atoms with Crippen molar-refractivity contribution in [2.75, 3.05) is 13.7 Å². The fraction of sp³-hybridized carbons (Fsp3) is 0.588. The topological polar surface area (TPSA) is 53.0 Å². The van der Waals surface area contributed by atoms with Crippen LogP contribution in [0.1, 0.15) is 37.4 Å². The van der Waals surface area contributed by atoms with Crippen LogP contribution in [0, 0.1) is 5.92 Å². The number of benzene rings is 1. The van der Waals surface area contributed by atoms with Gasteiger partial charge in [-0.1, -0.05) is 6.07 Å². The zero-order valence-corrected chi connectivity index (χ0v) is 13.2. The number of hydrogen-bond donors (Lipinski definition) is 1. The number of carbonyl (C=O) groups is 1. The van der Waals surface area contributed by atoms with Gasteiger partial charge in [-0.3, -0.25) is 9.80 Å². The lowest BCUT2D eigenvalue weighted by Crippen LogP contribution is -2.46. The molecular weight excluding hydrogens is 280 g/mol. The standard InChI is InChI=1S/C17H22N2O3/c1-17(2)8-15(21)18-14(9-20)13-6-10-4-5-11(22-3)7-12(10)16(13)19(17)18/h4-5,7,13-14,16,20H,6,8-9H2,1-3H3. The molecule has 2 aliphatic heterocycles. The second kappa shape index (κ2) is 4.46. The van der Waals surface area contributed by atoms with Crippen molar-refractivity contribution in [3.05, 3.63) is 29.3 Å². The maximum Gasteiger partial charge on any atom is 0.239 e. The van der Waals surface area contributed by atoms with Crippen molar-refractivity contribution in [1.82, 2.24) is 10.0 Å². The Labute approximate surface area is 130 Å². The first-order chi connectivity index (χ1) is 10.5. The lowest BCUT2D eigenvalue weighted by atomic mass is 9.90. The number of aliphatic hydroxyl groups is 1. The molecule has 118 valence electrons. The van der Waals surface area contributed by atoms with Gasteiger partial charge in [-0.25, -0.2) is 5.01 Å². The molecule has 5 nitrogen and oxygen atoms in total. The minimum Gasteiger partial charge on any atom is -0.497 e. The van der Waals surface area contributed by atoms with Crippen LogP contribution in [0.15, 0.2) is 18.2 Å². The smallest absolute Gasteiger partial charge is 0.239 e. The lowest BCUT2D eigenvalue weighted by molar-refractivity contribution is -0.142. The maximum absolute atomic E-state index is 12.5. The fourth-order valence-corrected chi connectivity index (χ4v) is 4.61. The fourth-order valence-electron chi connectivity index (χ4n) is 4.61. The minimum atomic E-state index is -0.214. The summed E-state index contributed by atoms with van der Waals surface area (Å²) in [5.74, 6) is 1.24. The zero-order valence-electron chi connectivity index (χ0n) is 13.2. The molecule has 2 saturated heterocycles. The van der Waals surface area contributed by atoms with Gasteiger partial charge in [0.05, 0.1) is 25.8 Å². The number of nitrogens with zero attached hydrogens (tertiary/aromatic N) is 2. The summed E-state index contributed by atoms with van der Waals surface area (Å²) in [6.45, 7) is 4.24. The first kappa shape index (κ1) is 14.0. The quantitative estimate of drug-likeness (QED) is 0.900. The highest BCUT2D eigenvalue weighted by Gasteiger charge is 2.61. The van der Waals surface area contributed by atoms with E-state index in [9.17, 15) is 9.90 Å². The SMILES string of the molecule is COc1ccc2c(c1)C1C(C2)C(CO)N2C(=O)CC(C)(C)N12. The molecular formula is C17H22N2O3. The number of hydrogen-bond acceptors (Lipinski definition) is 4. The summed E-state index contributed by atoms with van der Waals surface area (Å²) in [6, 6.07) is 6.25. The van der Waals surface area contributed by atoms with Crippen LogP contribution in [0.5, 0.6) is 5.75 Å². The van der Waals surface area contributed by atoms with Crippen molar-refractivity contribution in [2.45, 2.75) is 44.3 Å². The van der Waals surface area contributed by atoms with E-state index in [4.69, 9.17) is 4.74 Å². The number of fused-ring (bicyclic) bond motifs is 5. The molecule has 22 heavy (non-hydrogen) atoms. The van der Waals surface area contributed by atoms with E-state index in [0.29, 0.717) is 6.42 Å². The zero-order chi connectivity index (χ0) is 15.6. The molecule has 0 bridgehead atoms. The Hall–Kier alpha value is -1.59. The van der Waals surface area contributed by atoms with Crippen LogP contribution in [0.4, 0.5) is 0 Å². The molecule has 1 N–H and O–H groups in total. The minimum absolute atomic E-state index is 0.0185. The maximum atomic E-state index is 12.5.